The molecule has 1 amide bonds. The molecule has 1 aromatic rings. The molecule has 1 rings (SSSR count). The van der Waals surface area contributed by atoms with Crippen molar-refractivity contribution in [2.75, 3.05) is 11.9 Å². The highest BCUT2D eigenvalue weighted by atomic mass is 32.1. The molecule has 1 aromatic carbocycles. The fourth-order valence-electron chi connectivity index (χ4n) is 1.38. The van der Waals surface area contributed by atoms with Crippen LogP contribution in [0.3, 0.4) is 0 Å². The van der Waals surface area contributed by atoms with Gasteiger partial charge in [0.05, 0.1) is 5.56 Å². The SMILES string of the molecule is NC(=O)CCCNC(=S)Nc1ccc(C(F)(F)F)cc1. The van der Waals surface area contributed by atoms with E-state index in [0.29, 0.717) is 18.7 Å². The number of primary amides is 1. The first-order valence-electron chi connectivity index (χ1n) is 5.79. The van der Waals surface area contributed by atoms with Gasteiger partial charge >= 0.3 is 6.18 Å². The van der Waals surface area contributed by atoms with Crippen molar-refractivity contribution in [2.45, 2.75) is 19.0 Å². The number of halogens is 3. The van der Waals surface area contributed by atoms with E-state index in [0.717, 1.165) is 12.1 Å². The van der Waals surface area contributed by atoms with Crippen LogP contribution < -0.4 is 16.4 Å². The molecule has 0 fully saturated rings. The van der Waals surface area contributed by atoms with Crippen molar-refractivity contribution in [2.24, 2.45) is 5.73 Å². The Bertz CT molecular complexity index is 474. The zero-order valence-corrected chi connectivity index (χ0v) is 11.3. The Morgan fingerprint density at radius 3 is 2.35 bits per heavy atom. The van der Waals surface area contributed by atoms with E-state index in [1.54, 1.807) is 0 Å². The monoisotopic (exact) mass is 305 g/mol. The molecule has 0 atom stereocenters. The minimum Gasteiger partial charge on any atom is -0.370 e. The van der Waals surface area contributed by atoms with Crippen LogP contribution in [0.2, 0.25) is 0 Å². The van der Waals surface area contributed by atoms with Gasteiger partial charge in [0.25, 0.3) is 0 Å². The molecule has 0 saturated carbocycles. The summed E-state index contributed by atoms with van der Waals surface area (Å²) in [4.78, 5) is 10.5. The minimum atomic E-state index is -4.36. The van der Waals surface area contributed by atoms with Gasteiger partial charge in [0.2, 0.25) is 5.91 Å². The fourth-order valence-corrected chi connectivity index (χ4v) is 1.60. The Balaban J connectivity index is 2.41. The fraction of sp³-hybridized carbons (Fsp3) is 0.333. The van der Waals surface area contributed by atoms with Crippen LogP contribution in [0.4, 0.5) is 18.9 Å². The van der Waals surface area contributed by atoms with E-state index in [4.69, 9.17) is 18.0 Å². The zero-order chi connectivity index (χ0) is 15.2. The van der Waals surface area contributed by atoms with Crippen LogP contribution in [-0.2, 0) is 11.0 Å². The molecule has 0 unspecified atom stereocenters. The number of rotatable bonds is 5. The molecule has 20 heavy (non-hydrogen) atoms. The van der Waals surface area contributed by atoms with Gasteiger partial charge in [0.1, 0.15) is 0 Å². The van der Waals surface area contributed by atoms with Gasteiger partial charge in [0, 0.05) is 18.7 Å². The highest BCUT2D eigenvalue weighted by Gasteiger charge is 2.29. The highest BCUT2D eigenvalue weighted by Crippen LogP contribution is 2.29. The maximum absolute atomic E-state index is 12.4. The average Bonchev–Trinajstić information content (AvgIpc) is 2.34. The standard InChI is InChI=1S/C12H14F3N3OS/c13-12(14,15)8-3-5-9(6-4-8)18-11(20)17-7-1-2-10(16)19/h3-6H,1-2,7H2,(H2,16,19)(H2,17,18,20). The smallest absolute Gasteiger partial charge is 0.370 e. The second kappa shape index (κ2) is 7.09. The van der Waals surface area contributed by atoms with Crippen LogP contribution >= 0.6 is 12.2 Å². The second-order valence-corrected chi connectivity index (χ2v) is 4.43. The van der Waals surface area contributed by atoms with Crippen LogP contribution in [0.1, 0.15) is 18.4 Å². The molecular formula is C12H14F3N3OS. The number of alkyl halides is 3. The van der Waals surface area contributed by atoms with E-state index in [2.05, 4.69) is 10.6 Å². The molecule has 4 N–H and O–H groups in total. The second-order valence-electron chi connectivity index (χ2n) is 4.03. The molecule has 8 heteroatoms. The number of anilines is 1. The maximum atomic E-state index is 12.4. The summed E-state index contributed by atoms with van der Waals surface area (Å²) in [5.74, 6) is -0.395. The van der Waals surface area contributed by atoms with Crippen molar-refractivity contribution in [3.05, 3.63) is 29.8 Å². The third-order valence-electron chi connectivity index (χ3n) is 2.36. The third-order valence-corrected chi connectivity index (χ3v) is 2.60. The predicted molar refractivity (Wildman–Crippen MR) is 74.1 cm³/mol. The molecule has 0 aromatic heterocycles. The molecule has 0 aliphatic rings. The van der Waals surface area contributed by atoms with Gasteiger partial charge in [-0.05, 0) is 42.9 Å². The first-order chi connectivity index (χ1) is 9.29. The molecular weight excluding hydrogens is 291 g/mol. The predicted octanol–water partition coefficient (Wildman–Crippen LogP) is 2.26. The van der Waals surface area contributed by atoms with Gasteiger partial charge in [-0.3, -0.25) is 4.79 Å². The number of hydrogen-bond acceptors (Lipinski definition) is 2. The van der Waals surface area contributed by atoms with E-state index in [1.807, 2.05) is 0 Å². The van der Waals surface area contributed by atoms with Crippen LogP contribution in [0.5, 0.6) is 0 Å². The number of carbonyl (C=O) groups is 1. The molecule has 0 heterocycles. The largest absolute Gasteiger partial charge is 0.416 e. The lowest BCUT2D eigenvalue weighted by Gasteiger charge is -2.11. The Morgan fingerprint density at radius 1 is 1.25 bits per heavy atom. The summed E-state index contributed by atoms with van der Waals surface area (Å²) < 4.78 is 37.1. The van der Waals surface area contributed by atoms with E-state index in [9.17, 15) is 18.0 Å². The van der Waals surface area contributed by atoms with Crippen molar-refractivity contribution in [3.8, 4) is 0 Å². The summed E-state index contributed by atoms with van der Waals surface area (Å²) >= 11 is 4.96. The van der Waals surface area contributed by atoms with Crippen molar-refractivity contribution < 1.29 is 18.0 Å². The van der Waals surface area contributed by atoms with Crippen molar-refractivity contribution >= 4 is 28.9 Å². The number of amides is 1. The van der Waals surface area contributed by atoms with Gasteiger partial charge in [0.15, 0.2) is 5.11 Å². The first-order valence-corrected chi connectivity index (χ1v) is 6.20. The minimum absolute atomic E-state index is 0.246. The summed E-state index contributed by atoms with van der Waals surface area (Å²) in [7, 11) is 0. The lowest BCUT2D eigenvalue weighted by molar-refractivity contribution is -0.137. The number of carbonyl (C=O) groups excluding carboxylic acids is 1. The number of nitrogens with two attached hydrogens (primary N) is 1. The maximum Gasteiger partial charge on any atom is 0.416 e. The molecule has 0 spiro atoms. The van der Waals surface area contributed by atoms with Gasteiger partial charge in [-0.2, -0.15) is 13.2 Å². The topological polar surface area (TPSA) is 67.2 Å². The molecule has 110 valence electrons. The normalized spacial score (nSPS) is 10.9. The van der Waals surface area contributed by atoms with E-state index in [-0.39, 0.29) is 11.5 Å². The van der Waals surface area contributed by atoms with Crippen LogP contribution in [-0.4, -0.2) is 17.6 Å². The summed E-state index contributed by atoms with van der Waals surface area (Å²) in [5.41, 5.74) is 4.71. The molecule has 0 aliphatic carbocycles. The summed E-state index contributed by atoms with van der Waals surface area (Å²) in [6.07, 6.45) is -3.58. The molecule has 4 nitrogen and oxygen atoms in total. The molecule has 0 radical (unpaired) electrons. The zero-order valence-electron chi connectivity index (χ0n) is 10.5. The Morgan fingerprint density at radius 2 is 1.85 bits per heavy atom. The lowest BCUT2D eigenvalue weighted by atomic mass is 10.2. The van der Waals surface area contributed by atoms with Gasteiger partial charge in [-0.15, -0.1) is 0 Å². The molecule has 0 bridgehead atoms. The van der Waals surface area contributed by atoms with Crippen LogP contribution in [0.25, 0.3) is 0 Å². The molecule has 0 saturated heterocycles. The number of hydrogen-bond donors (Lipinski definition) is 3. The lowest BCUT2D eigenvalue weighted by Crippen LogP contribution is -2.29. The van der Waals surface area contributed by atoms with Crippen LogP contribution in [0.15, 0.2) is 24.3 Å². The van der Waals surface area contributed by atoms with E-state index < -0.39 is 17.6 Å². The van der Waals surface area contributed by atoms with Crippen molar-refractivity contribution in [1.82, 2.24) is 5.32 Å². The average molecular weight is 305 g/mol. The van der Waals surface area contributed by atoms with Crippen molar-refractivity contribution in [1.29, 1.82) is 0 Å². The summed E-state index contributed by atoms with van der Waals surface area (Å²) in [6.45, 7) is 0.454. The van der Waals surface area contributed by atoms with Gasteiger partial charge < -0.3 is 16.4 Å². The summed E-state index contributed by atoms with van der Waals surface area (Å²) in [6, 6.07) is 4.52. The van der Waals surface area contributed by atoms with Gasteiger partial charge in [-0.1, -0.05) is 0 Å². The van der Waals surface area contributed by atoms with Gasteiger partial charge in [-0.25, -0.2) is 0 Å². The van der Waals surface area contributed by atoms with E-state index in [1.165, 1.54) is 12.1 Å². The summed E-state index contributed by atoms with van der Waals surface area (Å²) in [5, 5.41) is 5.84. The first kappa shape index (κ1) is 16.2. The Kier molecular flexibility index (Phi) is 5.75. The number of benzene rings is 1. The third kappa shape index (κ3) is 5.87. The highest BCUT2D eigenvalue weighted by molar-refractivity contribution is 7.80. The Hall–Kier alpha value is -1.83. The number of nitrogens with one attached hydrogen (secondary N) is 2. The van der Waals surface area contributed by atoms with Crippen molar-refractivity contribution in [3.63, 3.8) is 0 Å². The Labute approximate surface area is 119 Å². The molecule has 0 aliphatic heterocycles. The van der Waals surface area contributed by atoms with Crippen LogP contribution in [0, 0.1) is 0 Å². The quantitative estimate of drug-likeness (QED) is 0.576. The number of thiocarbonyl (C=S) groups is 1. The van der Waals surface area contributed by atoms with E-state index >= 15 is 0 Å².